The van der Waals surface area contributed by atoms with Crippen molar-refractivity contribution in [2.75, 3.05) is 6.54 Å². The van der Waals surface area contributed by atoms with Crippen molar-refractivity contribution in [3.05, 3.63) is 83.9 Å². The lowest BCUT2D eigenvalue weighted by atomic mass is 9.90. The molecule has 0 radical (unpaired) electrons. The fourth-order valence-corrected chi connectivity index (χ4v) is 3.89. The van der Waals surface area contributed by atoms with Crippen molar-refractivity contribution >= 4 is 11.5 Å². The highest BCUT2D eigenvalue weighted by Crippen LogP contribution is 2.38. The summed E-state index contributed by atoms with van der Waals surface area (Å²) in [5.74, 6) is -0.269. The van der Waals surface area contributed by atoms with E-state index in [2.05, 4.69) is 4.98 Å². The van der Waals surface area contributed by atoms with Crippen molar-refractivity contribution in [2.45, 2.75) is 31.8 Å². The van der Waals surface area contributed by atoms with E-state index in [9.17, 15) is 15.0 Å². The summed E-state index contributed by atoms with van der Waals surface area (Å²) in [6.07, 6.45) is 11.2. The first-order valence-electron chi connectivity index (χ1n) is 9.50. The summed E-state index contributed by atoms with van der Waals surface area (Å²) in [6, 6.07) is 9.08. The van der Waals surface area contributed by atoms with Crippen LogP contribution in [-0.2, 0) is 11.3 Å². The SMILES string of the molecule is O=C1C(O)=C(c2ccccc2)C(C2=CCCC(O)=C2)N1CCCn1ccnc1. The largest absolute Gasteiger partial charge is 0.512 e. The molecular formula is C22H23N3O3. The van der Waals surface area contributed by atoms with Gasteiger partial charge in [0.05, 0.1) is 18.1 Å². The average molecular weight is 377 g/mol. The van der Waals surface area contributed by atoms with Crippen LogP contribution in [0.3, 0.4) is 0 Å². The summed E-state index contributed by atoms with van der Waals surface area (Å²) < 4.78 is 1.96. The lowest BCUT2D eigenvalue weighted by molar-refractivity contribution is -0.128. The zero-order valence-corrected chi connectivity index (χ0v) is 15.5. The van der Waals surface area contributed by atoms with Crippen LogP contribution >= 0.6 is 0 Å². The molecule has 1 aliphatic carbocycles. The first-order chi connectivity index (χ1) is 13.6. The van der Waals surface area contributed by atoms with Crippen LogP contribution in [0.1, 0.15) is 24.8 Å². The minimum Gasteiger partial charge on any atom is -0.512 e. The number of allylic oxidation sites excluding steroid dienone is 2. The van der Waals surface area contributed by atoms with Gasteiger partial charge >= 0.3 is 0 Å². The van der Waals surface area contributed by atoms with Crippen molar-refractivity contribution in [1.29, 1.82) is 0 Å². The average Bonchev–Trinajstić information content (AvgIpc) is 3.31. The number of aliphatic hydroxyl groups is 2. The molecule has 4 rings (SSSR count). The van der Waals surface area contributed by atoms with E-state index in [1.165, 1.54) is 0 Å². The Bertz CT molecular complexity index is 943. The van der Waals surface area contributed by atoms with E-state index < -0.39 is 6.04 Å². The van der Waals surface area contributed by atoms with Gasteiger partial charge in [-0.15, -0.1) is 0 Å². The number of aryl methyl sites for hydroxylation is 1. The van der Waals surface area contributed by atoms with Gasteiger partial charge in [0, 0.05) is 37.5 Å². The van der Waals surface area contributed by atoms with Crippen LogP contribution < -0.4 is 0 Å². The van der Waals surface area contributed by atoms with E-state index in [0.29, 0.717) is 30.7 Å². The molecular weight excluding hydrogens is 354 g/mol. The fourth-order valence-electron chi connectivity index (χ4n) is 3.89. The minimum absolute atomic E-state index is 0.210. The molecule has 1 aliphatic heterocycles. The Labute approximate surface area is 163 Å². The van der Waals surface area contributed by atoms with Gasteiger partial charge in [-0.25, -0.2) is 4.98 Å². The van der Waals surface area contributed by atoms with Crippen LogP contribution in [0.15, 0.2) is 78.3 Å². The van der Waals surface area contributed by atoms with Crippen LogP contribution in [0, 0.1) is 0 Å². The van der Waals surface area contributed by atoms with Crippen LogP contribution in [0.5, 0.6) is 0 Å². The van der Waals surface area contributed by atoms with Gasteiger partial charge in [-0.05, 0) is 30.1 Å². The molecule has 2 aliphatic rings. The number of benzene rings is 1. The Morgan fingerprint density at radius 1 is 1.14 bits per heavy atom. The fraction of sp³-hybridized carbons (Fsp3) is 0.273. The number of aliphatic hydroxyl groups excluding tert-OH is 2. The van der Waals surface area contributed by atoms with Gasteiger partial charge in [-0.2, -0.15) is 0 Å². The van der Waals surface area contributed by atoms with Crippen LogP contribution in [0.4, 0.5) is 0 Å². The van der Waals surface area contributed by atoms with E-state index in [4.69, 9.17) is 0 Å². The van der Waals surface area contributed by atoms with Crippen molar-refractivity contribution in [3.63, 3.8) is 0 Å². The van der Waals surface area contributed by atoms with Crippen LogP contribution in [0.2, 0.25) is 0 Å². The highest BCUT2D eigenvalue weighted by molar-refractivity contribution is 6.06. The van der Waals surface area contributed by atoms with Gasteiger partial charge in [0.25, 0.3) is 5.91 Å². The van der Waals surface area contributed by atoms with E-state index in [1.54, 1.807) is 23.5 Å². The molecule has 144 valence electrons. The van der Waals surface area contributed by atoms with Crippen molar-refractivity contribution < 1.29 is 15.0 Å². The predicted octanol–water partition coefficient (Wildman–Crippen LogP) is 3.62. The predicted molar refractivity (Wildman–Crippen MR) is 106 cm³/mol. The van der Waals surface area contributed by atoms with E-state index >= 15 is 0 Å². The number of hydrogen-bond acceptors (Lipinski definition) is 4. The summed E-state index contributed by atoms with van der Waals surface area (Å²) in [7, 11) is 0. The number of carbonyl (C=O) groups is 1. The van der Waals surface area contributed by atoms with Gasteiger partial charge in [0.15, 0.2) is 5.76 Å². The molecule has 28 heavy (non-hydrogen) atoms. The molecule has 1 aromatic carbocycles. The molecule has 0 spiro atoms. The minimum atomic E-state index is -0.403. The zero-order valence-electron chi connectivity index (χ0n) is 15.5. The first-order valence-corrected chi connectivity index (χ1v) is 9.50. The maximum atomic E-state index is 12.9. The lowest BCUT2D eigenvalue weighted by Crippen LogP contribution is -2.38. The molecule has 0 saturated heterocycles. The number of imidazole rings is 1. The molecule has 1 atom stereocenters. The Morgan fingerprint density at radius 2 is 1.96 bits per heavy atom. The summed E-state index contributed by atoms with van der Waals surface area (Å²) >= 11 is 0. The Kier molecular flexibility index (Phi) is 5.02. The molecule has 6 nitrogen and oxygen atoms in total. The molecule has 2 heterocycles. The van der Waals surface area contributed by atoms with Gasteiger partial charge in [-0.3, -0.25) is 4.79 Å². The summed E-state index contributed by atoms with van der Waals surface area (Å²) in [5, 5.41) is 20.7. The standard InChI is InChI=1S/C22H23N3O3/c26-18-9-4-8-17(14-18)20-19(16-6-2-1-3-7-16)21(27)22(28)25(20)12-5-11-24-13-10-23-15-24/h1-3,6-8,10,13-15,20,26-27H,4-5,9,11-12H2. The molecule has 1 unspecified atom stereocenters. The van der Waals surface area contributed by atoms with Gasteiger partial charge < -0.3 is 19.7 Å². The van der Waals surface area contributed by atoms with Crippen molar-refractivity contribution in [3.8, 4) is 0 Å². The highest BCUT2D eigenvalue weighted by atomic mass is 16.3. The Morgan fingerprint density at radius 3 is 2.68 bits per heavy atom. The second kappa shape index (κ2) is 7.76. The molecule has 6 heteroatoms. The number of nitrogens with zero attached hydrogens (tertiary/aromatic N) is 3. The third-order valence-electron chi connectivity index (χ3n) is 5.19. The van der Waals surface area contributed by atoms with E-state index in [0.717, 1.165) is 24.1 Å². The topological polar surface area (TPSA) is 78.6 Å². The second-order valence-corrected chi connectivity index (χ2v) is 7.06. The van der Waals surface area contributed by atoms with Crippen molar-refractivity contribution in [1.82, 2.24) is 14.5 Å². The number of hydrogen-bond donors (Lipinski definition) is 2. The third-order valence-corrected chi connectivity index (χ3v) is 5.19. The number of carbonyl (C=O) groups excluding carboxylic acids is 1. The molecule has 1 aromatic heterocycles. The number of aromatic nitrogens is 2. The zero-order chi connectivity index (χ0) is 19.5. The maximum Gasteiger partial charge on any atom is 0.289 e. The Balaban J connectivity index is 1.65. The first kappa shape index (κ1) is 18.1. The van der Waals surface area contributed by atoms with E-state index in [1.807, 2.05) is 47.2 Å². The van der Waals surface area contributed by atoms with Gasteiger partial charge in [-0.1, -0.05) is 36.4 Å². The smallest absolute Gasteiger partial charge is 0.289 e. The van der Waals surface area contributed by atoms with Crippen LogP contribution in [0.25, 0.3) is 5.57 Å². The molecule has 0 fully saturated rings. The van der Waals surface area contributed by atoms with E-state index in [-0.39, 0.29) is 11.7 Å². The monoisotopic (exact) mass is 377 g/mol. The van der Waals surface area contributed by atoms with Crippen molar-refractivity contribution in [2.24, 2.45) is 0 Å². The normalized spacial score (nSPS) is 19.8. The second-order valence-electron chi connectivity index (χ2n) is 7.06. The van der Waals surface area contributed by atoms with Gasteiger partial charge in [0.1, 0.15) is 0 Å². The molecule has 0 saturated carbocycles. The highest BCUT2D eigenvalue weighted by Gasteiger charge is 2.41. The Hall–Kier alpha value is -3.28. The van der Waals surface area contributed by atoms with Gasteiger partial charge in [0.2, 0.25) is 0 Å². The molecule has 2 N–H and O–H groups in total. The quantitative estimate of drug-likeness (QED) is 0.806. The lowest BCUT2D eigenvalue weighted by Gasteiger charge is -2.29. The maximum absolute atomic E-state index is 12.9. The molecule has 2 aromatic rings. The molecule has 1 amide bonds. The summed E-state index contributed by atoms with van der Waals surface area (Å²) in [5.41, 5.74) is 2.27. The molecule has 0 bridgehead atoms. The summed E-state index contributed by atoms with van der Waals surface area (Å²) in [6.45, 7) is 1.23. The third kappa shape index (κ3) is 3.45. The number of rotatable bonds is 6. The van der Waals surface area contributed by atoms with Crippen LogP contribution in [-0.4, -0.2) is 43.2 Å². The number of amides is 1. The summed E-state index contributed by atoms with van der Waals surface area (Å²) in [4.78, 5) is 18.6.